The highest BCUT2D eigenvalue weighted by Crippen LogP contribution is 2.12. The second-order valence-electron chi connectivity index (χ2n) is 4.68. The first-order valence-electron chi connectivity index (χ1n) is 5.26. The monoisotopic (exact) mass is 225 g/mol. The Morgan fingerprint density at radius 3 is 2.56 bits per heavy atom. The zero-order chi connectivity index (χ0) is 12.2. The number of hydrogen-bond acceptors (Lipinski definition) is 1. The van der Waals surface area contributed by atoms with Gasteiger partial charge in [-0.05, 0) is 26.8 Å². The molecule has 0 amide bonds. The van der Waals surface area contributed by atoms with Crippen LogP contribution in [0.15, 0.2) is 24.3 Å². The zero-order valence-electron chi connectivity index (χ0n) is 9.85. The standard InChI is InChI=1S/C13H17F2N/c1-13(2,3)16-9-5-7-10-6-4-8-11(14)12(10)15/h4-8,16H,9H2,1-3H3. The summed E-state index contributed by atoms with van der Waals surface area (Å²) in [6.07, 6.45) is 3.36. The van der Waals surface area contributed by atoms with E-state index >= 15 is 0 Å². The van der Waals surface area contributed by atoms with Crippen LogP contribution in [0.25, 0.3) is 6.08 Å². The molecule has 0 saturated carbocycles. The van der Waals surface area contributed by atoms with Crippen LogP contribution in [0.3, 0.4) is 0 Å². The van der Waals surface area contributed by atoms with Gasteiger partial charge >= 0.3 is 0 Å². The zero-order valence-corrected chi connectivity index (χ0v) is 9.85. The number of halogens is 2. The molecule has 0 aliphatic carbocycles. The number of rotatable bonds is 3. The van der Waals surface area contributed by atoms with Gasteiger partial charge in [0, 0.05) is 17.6 Å². The molecule has 0 bridgehead atoms. The molecule has 3 heteroatoms. The molecule has 0 radical (unpaired) electrons. The molecule has 1 nitrogen and oxygen atoms in total. The first-order chi connectivity index (χ1) is 7.40. The van der Waals surface area contributed by atoms with E-state index in [0.717, 1.165) is 6.07 Å². The van der Waals surface area contributed by atoms with Crippen molar-refractivity contribution >= 4 is 6.08 Å². The molecule has 1 N–H and O–H groups in total. The molecule has 0 heterocycles. The molecule has 1 aromatic carbocycles. The molecule has 0 aliphatic heterocycles. The minimum atomic E-state index is -0.814. The van der Waals surface area contributed by atoms with Crippen molar-refractivity contribution in [3.8, 4) is 0 Å². The SMILES string of the molecule is CC(C)(C)NCC=Cc1cccc(F)c1F. The van der Waals surface area contributed by atoms with Gasteiger partial charge in [-0.25, -0.2) is 8.78 Å². The van der Waals surface area contributed by atoms with E-state index in [1.807, 2.05) is 20.8 Å². The maximum absolute atomic E-state index is 13.2. The lowest BCUT2D eigenvalue weighted by Crippen LogP contribution is -2.35. The smallest absolute Gasteiger partial charge is 0.166 e. The Morgan fingerprint density at radius 2 is 1.94 bits per heavy atom. The summed E-state index contributed by atoms with van der Waals surface area (Å²) in [5.41, 5.74) is 0.292. The van der Waals surface area contributed by atoms with Crippen LogP contribution in [0.4, 0.5) is 8.78 Å². The van der Waals surface area contributed by atoms with Crippen LogP contribution in [0.2, 0.25) is 0 Å². The van der Waals surface area contributed by atoms with Gasteiger partial charge in [0.1, 0.15) is 0 Å². The van der Waals surface area contributed by atoms with Gasteiger partial charge in [-0.1, -0.05) is 24.3 Å². The van der Waals surface area contributed by atoms with Crippen molar-refractivity contribution in [1.82, 2.24) is 5.32 Å². The number of benzene rings is 1. The van der Waals surface area contributed by atoms with Gasteiger partial charge in [-0.15, -0.1) is 0 Å². The summed E-state index contributed by atoms with van der Waals surface area (Å²) in [5.74, 6) is -1.61. The second kappa shape index (κ2) is 5.21. The van der Waals surface area contributed by atoms with Crippen molar-refractivity contribution in [3.05, 3.63) is 41.5 Å². The van der Waals surface area contributed by atoms with E-state index in [2.05, 4.69) is 5.32 Å². The Kier molecular flexibility index (Phi) is 4.19. The lowest BCUT2D eigenvalue weighted by molar-refractivity contribution is 0.450. The quantitative estimate of drug-likeness (QED) is 0.831. The molecule has 16 heavy (non-hydrogen) atoms. The summed E-state index contributed by atoms with van der Waals surface area (Å²) in [5, 5.41) is 3.22. The second-order valence-corrected chi connectivity index (χ2v) is 4.68. The fraction of sp³-hybridized carbons (Fsp3) is 0.385. The largest absolute Gasteiger partial charge is 0.309 e. The summed E-state index contributed by atoms with van der Waals surface area (Å²) in [6.45, 7) is 6.76. The van der Waals surface area contributed by atoms with Crippen molar-refractivity contribution in [1.29, 1.82) is 0 Å². The lowest BCUT2D eigenvalue weighted by Gasteiger charge is -2.18. The van der Waals surface area contributed by atoms with Gasteiger partial charge in [-0.2, -0.15) is 0 Å². The fourth-order valence-corrected chi connectivity index (χ4v) is 1.20. The average molecular weight is 225 g/mol. The molecule has 0 aliphatic rings. The topological polar surface area (TPSA) is 12.0 Å². The molecular formula is C13H17F2N. The maximum Gasteiger partial charge on any atom is 0.166 e. The van der Waals surface area contributed by atoms with Gasteiger partial charge in [0.2, 0.25) is 0 Å². The van der Waals surface area contributed by atoms with E-state index < -0.39 is 11.6 Å². The van der Waals surface area contributed by atoms with Crippen molar-refractivity contribution < 1.29 is 8.78 Å². The molecule has 0 atom stereocenters. The molecule has 0 saturated heterocycles. The minimum absolute atomic E-state index is 0.0187. The molecule has 0 unspecified atom stereocenters. The number of nitrogens with one attached hydrogen (secondary N) is 1. The van der Waals surface area contributed by atoms with Gasteiger partial charge in [0.05, 0.1) is 0 Å². The van der Waals surface area contributed by atoms with Gasteiger partial charge < -0.3 is 5.32 Å². The van der Waals surface area contributed by atoms with Crippen molar-refractivity contribution in [2.75, 3.05) is 6.54 Å². The van der Waals surface area contributed by atoms with Gasteiger partial charge in [-0.3, -0.25) is 0 Å². The van der Waals surface area contributed by atoms with E-state index in [1.165, 1.54) is 6.07 Å². The van der Waals surface area contributed by atoms with E-state index in [0.29, 0.717) is 6.54 Å². The summed E-state index contributed by atoms with van der Waals surface area (Å²) in [4.78, 5) is 0. The van der Waals surface area contributed by atoms with E-state index in [9.17, 15) is 8.78 Å². The van der Waals surface area contributed by atoms with Crippen LogP contribution < -0.4 is 5.32 Å². The molecule has 0 spiro atoms. The Morgan fingerprint density at radius 1 is 1.25 bits per heavy atom. The normalized spacial score (nSPS) is 12.3. The summed E-state index contributed by atoms with van der Waals surface area (Å²) >= 11 is 0. The van der Waals surface area contributed by atoms with Crippen LogP contribution in [0.5, 0.6) is 0 Å². The van der Waals surface area contributed by atoms with Crippen LogP contribution in [0, 0.1) is 11.6 Å². The summed E-state index contributed by atoms with van der Waals surface area (Å²) in [6, 6.07) is 4.15. The molecule has 1 aromatic rings. The number of hydrogen-bond donors (Lipinski definition) is 1. The fourth-order valence-electron chi connectivity index (χ4n) is 1.20. The first-order valence-corrected chi connectivity index (χ1v) is 5.26. The highest BCUT2D eigenvalue weighted by atomic mass is 19.2. The highest BCUT2D eigenvalue weighted by molar-refractivity contribution is 5.50. The van der Waals surface area contributed by atoms with Gasteiger partial charge in [0.15, 0.2) is 11.6 Å². The third kappa shape index (κ3) is 4.11. The van der Waals surface area contributed by atoms with Crippen molar-refractivity contribution in [2.45, 2.75) is 26.3 Å². The Balaban J connectivity index is 2.60. The molecule has 88 valence electrons. The van der Waals surface area contributed by atoms with Crippen LogP contribution >= 0.6 is 0 Å². The Bertz CT molecular complexity index is 378. The molecular weight excluding hydrogens is 208 g/mol. The third-order valence-corrected chi connectivity index (χ3v) is 2.03. The van der Waals surface area contributed by atoms with Crippen LogP contribution in [0.1, 0.15) is 26.3 Å². The molecule has 0 aromatic heterocycles. The van der Waals surface area contributed by atoms with Gasteiger partial charge in [0.25, 0.3) is 0 Å². The van der Waals surface area contributed by atoms with Crippen molar-refractivity contribution in [3.63, 3.8) is 0 Å². The summed E-state index contributed by atoms with van der Waals surface area (Å²) in [7, 11) is 0. The van der Waals surface area contributed by atoms with Crippen LogP contribution in [-0.2, 0) is 0 Å². The Hall–Kier alpha value is -1.22. The van der Waals surface area contributed by atoms with Crippen molar-refractivity contribution in [2.24, 2.45) is 0 Å². The van der Waals surface area contributed by atoms with Crippen LogP contribution in [-0.4, -0.2) is 12.1 Å². The lowest BCUT2D eigenvalue weighted by atomic mass is 10.1. The van der Waals surface area contributed by atoms with E-state index in [1.54, 1.807) is 18.2 Å². The highest BCUT2D eigenvalue weighted by Gasteiger charge is 2.06. The molecule has 0 fully saturated rings. The molecule has 1 rings (SSSR count). The average Bonchev–Trinajstić information content (AvgIpc) is 2.17. The Labute approximate surface area is 95.2 Å². The van der Waals surface area contributed by atoms with E-state index in [4.69, 9.17) is 0 Å². The maximum atomic E-state index is 13.2. The summed E-state index contributed by atoms with van der Waals surface area (Å²) < 4.78 is 26.1. The predicted octanol–water partition coefficient (Wildman–Crippen LogP) is 3.37. The minimum Gasteiger partial charge on any atom is -0.309 e. The third-order valence-electron chi connectivity index (χ3n) is 2.03. The van der Waals surface area contributed by atoms with E-state index in [-0.39, 0.29) is 11.1 Å². The predicted molar refractivity (Wildman–Crippen MR) is 63.1 cm³/mol. The first kappa shape index (κ1) is 12.8.